The summed E-state index contributed by atoms with van der Waals surface area (Å²) in [5, 5.41) is 0. The van der Waals surface area contributed by atoms with Gasteiger partial charge in [0.15, 0.2) is 0 Å². The minimum absolute atomic E-state index is 0.643. The van der Waals surface area contributed by atoms with E-state index in [1.165, 1.54) is 135 Å². The lowest BCUT2D eigenvalue weighted by atomic mass is 10.0. The first kappa shape index (κ1) is 26.4. The van der Waals surface area contributed by atoms with E-state index >= 15 is 0 Å². The van der Waals surface area contributed by atoms with Gasteiger partial charge in [0.1, 0.15) is 6.17 Å². The summed E-state index contributed by atoms with van der Waals surface area (Å²) in [7, 11) is 0. The highest BCUT2D eigenvalue weighted by atomic mass is 15.4. The third kappa shape index (κ3) is 13.3. The summed E-state index contributed by atoms with van der Waals surface area (Å²) in [5.74, 6) is 0. The topological polar surface area (TPSA) is 6.48 Å². The molecule has 2 heteroatoms. The highest BCUT2D eigenvalue weighted by molar-refractivity contribution is 4.96. The molecule has 0 aliphatic carbocycles. The Labute approximate surface area is 184 Å². The number of hydrogen-bond donors (Lipinski definition) is 0. The van der Waals surface area contributed by atoms with Crippen molar-refractivity contribution < 1.29 is 0 Å². The molecule has 1 unspecified atom stereocenters. The molecule has 1 aliphatic rings. The highest BCUT2D eigenvalue weighted by Gasteiger charge is 2.24. The molecule has 0 aromatic rings. The van der Waals surface area contributed by atoms with E-state index < -0.39 is 0 Å². The normalized spacial score (nSPS) is 16.3. The van der Waals surface area contributed by atoms with Crippen molar-refractivity contribution in [3.63, 3.8) is 0 Å². The first-order chi connectivity index (χ1) is 14.3. The van der Waals surface area contributed by atoms with Crippen molar-refractivity contribution in [3.8, 4) is 0 Å². The summed E-state index contributed by atoms with van der Waals surface area (Å²) < 4.78 is 0. The lowest BCUT2D eigenvalue weighted by Crippen LogP contribution is -2.39. The van der Waals surface area contributed by atoms with Crippen LogP contribution in [0.2, 0.25) is 0 Å². The predicted octanol–water partition coefficient (Wildman–Crippen LogP) is 8.87. The Balaban J connectivity index is 2.02. The fraction of sp³-hybridized carbons (Fsp3) is 0.926. The average Bonchev–Trinajstić information content (AvgIpc) is 3.10. The van der Waals surface area contributed by atoms with E-state index in [0.717, 1.165) is 0 Å². The molecule has 0 aromatic carbocycles. The third-order valence-electron chi connectivity index (χ3n) is 6.53. The van der Waals surface area contributed by atoms with Crippen molar-refractivity contribution >= 4 is 0 Å². The van der Waals surface area contributed by atoms with Crippen LogP contribution in [0.5, 0.6) is 0 Å². The monoisotopic (exact) mass is 406 g/mol. The van der Waals surface area contributed by atoms with Gasteiger partial charge in [0.25, 0.3) is 0 Å². The van der Waals surface area contributed by atoms with Crippen LogP contribution in [0, 0.1) is 0 Å². The predicted molar refractivity (Wildman–Crippen MR) is 131 cm³/mol. The molecule has 1 aliphatic heterocycles. The molecule has 0 fully saturated rings. The molecule has 0 aromatic heterocycles. The Hall–Kier alpha value is -0.660. The summed E-state index contributed by atoms with van der Waals surface area (Å²) in [6.07, 6.45) is 32.2. The lowest BCUT2D eigenvalue weighted by molar-refractivity contribution is 0.137. The SMILES string of the molecule is CCCCCCCCCCCCCCCN1C=CN(CCC)C1CCCCCC. The van der Waals surface area contributed by atoms with Gasteiger partial charge in [-0.15, -0.1) is 0 Å². The number of hydrogen-bond acceptors (Lipinski definition) is 2. The van der Waals surface area contributed by atoms with E-state index in [2.05, 4.69) is 43.0 Å². The van der Waals surface area contributed by atoms with Gasteiger partial charge in [-0.25, -0.2) is 0 Å². The molecule has 0 saturated heterocycles. The summed E-state index contributed by atoms with van der Waals surface area (Å²) in [5.41, 5.74) is 0. The van der Waals surface area contributed by atoms with Crippen molar-refractivity contribution in [1.82, 2.24) is 9.80 Å². The van der Waals surface area contributed by atoms with E-state index in [1.54, 1.807) is 0 Å². The van der Waals surface area contributed by atoms with Crippen molar-refractivity contribution in [2.75, 3.05) is 13.1 Å². The van der Waals surface area contributed by atoms with Crippen LogP contribution in [0.25, 0.3) is 0 Å². The molecular formula is C27H54N2. The van der Waals surface area contributed by atoms with Crippen molar-refractivity contribution in [1.29, 1.82) is 0 Å². The highest BCUT2D eigenvalue weighted by Crippen LogP contribution is 2.23. The van der Waals surface area contributed by atoms with Crippen molar-refractivity contribution in [2.24, 2.45) is 0 Å². The van der Waals surface area contributed by atoms with Crippen molar-refractivity contribution in [2.45, 2.75) is 149 Å². The standard InChI is InChI=1S/C27H54N2/c1-4-7-9-11-12-13-14-15-16-17-18-19-21-24-29-26-25-28(23-6-3)27(29)22-20-10-8-5-2/h25-27H,4-24H2,1-3H3. The van der Waals surface area contributed by atoms with Gasteiger partial charge in [0.2, 0.25) is 0 Å². The van der Waals surface area contributed by atoms with E-state index in [0.29, 0.717) is 6.17 Å². The Bertz CT molecular complexity index is 366. The Morgan fingerprint density at radius 2 is 0.862 bits per heavy atom. The molecule has 0 N–H and O–H groups in total. The van der Waals surface area contributed by atoms with E-state index in [4.69, 9.17) is 0 Å². The molecule has 0 radical (unpaired) electrons. The second-order valence-corrected chi connectivity index (χ2v) is 9.35. The minimum Gasteiger partial charge on any atom is -0.356 e. The number of nitrogens with zero attached hydrogens (tertiary/aromatic N) is 2. The quantitative estimate of drug-likeness (QED) is 0.176. The van der Waals surface area contributed by atoms with Crippen molar-refractivity contribution in [3.05, 3.63) is 12.4 Å². The zero-order valence-corrected chi connectivity index (χ0v) is 20.5. The fourth-order valence-corrected chi connectivity index (χ4v) is 4.66. The van der Waals surface area contributed by atoms with E-state index in [-0.39, 0.29) is 0 Å². The summed E-state index contributed by atoms with van der Waals surface area (Å²) in [6.45, 7) is 9.38. The fourth-order valence-electron chi connectivity index (χ4n) is 4.66. The molecule has 0 bridgehead atoms. The second kappa shape index (κ2) is 19.3. The molecule has 0 saturated carbocycles. The van der Waals surface area contributed by atoms with Gasteiger partial charge in [-0.2, -0.15) is 0 Å². The van der Waals surface area contributed by atoms with Crippen LogP contribution in [-0.2, 0) is 0 Å². The third-order valence-corrected chi connectivity index (χ3v) is 6.53. The van der Waals surface area contributed by atoms with Crippen LogP contribution in [0.4, 0.5) is 0 Å². The maximum atomic E-state index is 2.64. The molecule has 0 amide bonds. The number of rotatable bonds is 21. The summed E-state index contributed by atoms with van der Waals surface area (Å²) >= 11 is 0. The summed E-state index contributed by atoms with van der Waals surface area (Å²) in [4.78, 5) is 5.23. The van der Waals surface area contributed by atoms with Gasteiger partial charge >= 0.3 is 0 Å². The van der Waals surface area contributed by atoms with Crippen LogP contribution in [0.1, 0.15) is 143 Å². The second-order valence-electron chi connectivity index (χ2n) is 9.35. The zero-order chi connectivity index (χ0) is 21.0. The van der Waals surface area contributed by atoms with Crippen LogP contribution in [0.3, 0.4) is 0 Å². The smallest absolute Gasteiger partial charge is 0.101 e. The van der Waals surface area contributed by atoms with Crippen LogP contribution < -0.4 is 0 Å². The van der Waals surface area contributed by atoms with Crippen LogP contribution in [-0.4, -0.2) is 29.1 Å². The molecule has 1 heterocycles. The van der Waals surface area contributed by atoms with Gasteiger partial charge in [-0.3, -0.25) is 0 Å². The maximum Gasteiger partial charge on any atom is 0.101 e. The van der Waals surface area contributed by atoms with Gasteiger partial charge in [-0.1, -0.05) is 117 Å². The Morgan fingerprint density at radius 1 is 0.448 bits per heavy atom. The minimum atomic E-state index is 0.643. The molecule has 1 rings (SSSR count). The summed E-state index contributed by atoms with van der Waals surface area (Å²) in [6, 6.07) is 0. The molecule has 29 heavy (non-hydrogen) atoms. The first-order valence-electron chi connectivity index (χ1n) is 13.5. The largest absolute Gasteiger partial charge is 0.356 e. The zero-order valence-electron chi connectivity index (χ0n) is 20.5. The van der Waals surface area contributed by atoms with Gasteiger partial charge < -0.3 is 9.80 Å². The van der Waals surface area contributed by atoms with Gasteiger partial charge in [0.05, 0.1) is 0 Å². The molecular weight excluding hydrogens is 352 g/mol. The number of unbranched alkanes of at least 4 members (excludes halogenated alkanes) is 15. The van der Waals surface area contributed by atoms with Crippen LogP contribution >= 0.6 is 0 Å². The lowest BCUT2D eigenvalue weighted by Gasteiger charge is -2.33. The average molecular weight is 407 g/mol. The van der Waals surface area contributed by atoms with Gasteiger partial charge in [0, 0.05) is 25.5 Å². The van der Waals surface area contributed by atoms with Gasteiger partial charge in [-0.05, 0) is 25.7 Å². The van der Waals surface area contributed by atoms with Crippen LogP contribution in [0.15, 0.2) is 12.4 Å². The maximum absolute atomic E-state index is 2.64. The van der Waals surface area contributed by atoms with E-state index in [9.17, 15) is 0 Å². The molecule has 1 atom stereocenters. The first-order valence-corrected chi connectivity index (χ1v) is 13.5. The molecule has 2 nitrogen and oxygen atoms in total. The molecule has 0 spiro atoms. The van der Waals surface area contributed by atoms with E-state index in [1.807, 2.05) is 0 Å². The molecule has 172 valence electrons. The Kier molecular flexibility index (Phi) is 17.6. The Morgan fingerprint density at radius 3 is 1.34 bits per heavy atom.